The van der Waals surface area contributed by atoms with Crippen LogP contribution in [0.3, 0.4) is 0 Å². The summed E-state index contributed by atoms with van der Waals surface area (Å²) < 4.78 is 5.32. The molecule has 0 radical (unpaired) electrons. The van der Waals surface area contributed by atoms with Gasteiger partial charge in [-0.1, -0.05) is 0 Å². The van der Waals surface area contributed by atoms with Crippen LogP contribution in [0.25, 0.3) is 0 Å². The zero-order valence-electron chi connectivity index (χ0n) is 10.2. The number of aliphatic carboxylic acids is 1. The van der Waals surface area contributed by atoms with Crippen LogP contribution in [-0.4, -0.2) is 59.3 Å². The van der Waals surface area contributed by atoms with Gasteiger partial charge in [-0.25, -0.2) is 0 Å². The van der Waals surface area contributed by atoms with Crippen molar-refractivity contribution in [2.24, 2.45) is 0 Å². The number of hydrogen-bond donors (Lipinski definition) is 1. The first-order valence-electron chi connectivity index (χ1n) is 5.64. The second-order valence-electron chi connectivity index (χ2n) is 4.25. The quantitative estimate of drug-likeness (QED) is 0.793. The predicted octanol–water partition coefficient (Wildman–Crippen LogP) is 1.30. The lowest BCUT2D eigenvalue weighted by atomic mass is 10.1. The average Bonchev–Trinajstić information content (AvgIpc) is 2.27. The minimum absolute atomic E-state index is 0.138. The fraction of sp³-hybridized carbons (Fsp3) is 0.909. The van der Waals surface area contributed by atoms with E-state index in [0.29, 0.717) is 0 Å². The van der Waals surface area contributed by atoms with Gasteiger partial charge < -0.3 is 9.84 Å². The Morgan fingerprint density at radius 3 is 2.88 bits per heavy atom. The Morgan fingerprint density at radius 2 is 2.31 bits per heavy atom. The van der Waals surface area contributed by atoms with E-state index in [4.69, 9.17) is 9.84 Å². The van der Waals surface area contributed by atoms with Crippen LogP contribution in [0.15, 0.2) is 0 Å². The van der Waals surface area contributed by atoms with E-state index < -0.39 is 5.97 Å². The molecular formula is C11H21NO3S. The van der Waals surface area contributed by atoms with Crippen LogP contribution in [0.1, 0.15) is 20.3 Å². The molecule has 3 unspecified atom stereocenters. The molecule has 5 heteroatoms. The SMILES string of the molecule is COC(C)C(C)N1CCSCC1CC(=O)O. The van der Waals surface area contributed by atoms with Crippen molar-refractivity contribution in [2.75, 3.05) is 25.2 Å². The summed E-state index contributed by atoms with van der Waals surface area (Å²) in [7, 11) is 1.70. The van der Waals surface area contributed by atoms with Crippen molar-refractivity contribution in [1.82, 2.24) is 4.90 Å². The van der Waals surface area contributed by atoms with Gasteiger partial charge >= 0.3 is 5.97 Å². The fourth-order valence-corrected chi connectivity index (χ4v) is 3.14. The van der Waals surface area contributed by atoms with Crippen LogP contribution in [0.2, 0.25) is 0 Å². The van der Waals surface area contributed by atoms with Crippen LogP contribution in [0, 0.1) is 0 Å². The molecule has 1 heterocycles. The Balaban J connectivity index is 2.61. The molecule has 0 bridgehead atoms. The molecule has 1 fully saturated rings. The van der Waals surface area contributed by atoms with Crippen LogP contribution in [0.5, 0.6) is 0 Å². The molecule has 1 rings (SSSR count). The van der Waals surface area contributed by atoms with Gasteiger partial charge in [-0.3, -0.25) is 9.69 Å². The molecule has 0 amide bonds. The number of carboxylic acid groups (broad SMARTS) is 1. The highest BCUT2D eigenvalue weighted by molar-refractivity contribution is 7.99. The van der Waals surface area contributed by atoms with Crippen molar-refractivity contribution in [3.63, 3.8) is 0 Å². The van der Waals surface area contributed by atoms with Gasteiger partial charge in [0, 0.05) is 37.2 Å². The molecule has 4 nitrogen and oxygen atoms in total. The Kier molecular flexibility index (Phi) is 5.58. The predicted molar refractivity (Wildman–Crippen MR) is 66.0 cm³/mol. The number of thioether (sulfide) groups is 1. The number of carbonyl (C=O) groups is 1. The smallest absolute Gasteiger partial charge is 0.304 e. The van der Waals surface area contributed by atoms with Gasteiger partial charge in [0.1, 0.15) is 0 Å². The summed E-state index contributed by atoms with van der Waals surface area (Å²) in [5.41, 5.74) is 0. The molecule has 0 saturated carbocycles. The highest BCUT2D eigenvalue weighted by Gasteiger charge is 2.30. The zero-order valence-corrected chi connectivity index (χ0v) is 11.0. The van der Waals surface area contributed by atoms with Crippen molar-refractivity contribution in [3.8, 4) is 0 Å². The Hall–Kier alpha value is -0.260. The third kappa shape index (κ3) is 3.64. The highest BCUT2D eigenvalue weighted by atomic mass is 32.2. The molecule has 1 N–H and O–H groups in total. The van der Waals surface area contributed by atoms with Crippen LogP contribution < -0.4 is 0 Å². The molecule has 94 valence electrons. The number of ether oxygens (including phenoxy) is 1. The fourth-order valence-electron chi connectivity index (χ4n) is 2.05. The first kappa shape index (κ1) is 13.8. The number of rotatable bonds is 5. The van der Waals surface area contributed by atoms with Gasteiger partial charge in [0.15, 0.2) is 0 Å². The highest BCUT2D eigenvalue weighted by Crippen LogP contribution is 2.23. The van der Waals surface area contributed by atoms with E-state index >= 15 is 0 Å². The summed E-state index contributed by atoms with van der Waals surface area (Å²) in [4.78, 5) is 13.1. The summed E-state index contributed by atoms with van der Waals surface area (Å²) >= 11 is 1.84. The second kappa shape index (κ2) is 6.47. The van der Waals surface area contributed by atoms with Gasteiger partial charge in [-0.05, 0) is 13.8 Å². The standard InChI is InChI=1S/C11H21NO3S/c1-8(9(2)15-3)12-4-5-16-7-10(12)6-11(13)14/h8-10H,4-7H2,1-3H3,(H,13,14). The number of carboxylic acids is 1. The zero-order chi connectivity index (χ0) is 12.1. The topological polar surface area (TPSA) is 49.8 Å². The van der Waals surface area contributed by atoms with Gasteiger partial charge in [0.05, 0.1) is 12.5 Å². The molecule has 1 aliphatic rings. The maximum Gasteiger partial charge on any atom is 0.304 e. The van der Waals surface area contributed by atoms with Crippen molar-refractivity contribution < 1.29 is 14.6 Å². The molecule has 0 aliphatic carbocycles. The molecule has 0 aromatic heterocycles. The van der Waals surface area contributed by atoms with E-state index in [1.165, 1.54) is 0 Å². The number of methoxy groups -OCH3 is 1. The Morgan fingerprint density at radius 1 is 1.62 bits per heavy atom. The third-order valence-electron chi connectivity index (χ3n) is 3.26. The maximum absolute atomic E-state index is 10.8. The van der Waals surface area contributed by atoms with E-state index in [9.17, 15) is 4.79 Å². The average molecular weight is 247 g/mol. The van der Waals surface area contributed by atoms with E-state index in [1.807, 2.05) is 18.7 Å². The maximum atomic E-state index is 10.8. The van der Waals surface area contributed by atoms with E-state index in [-0.39, 0.29) is 24.6 Å². The molecule has 1 aliphatic heterocycles. The van der Waals surface area contributed by atoms with Crippen molar-refractivity contribution in [3.05, 3.63) is 0 Å². The third-order valence-corrected chi connectivity index (χ3v) is 4.35. The van der Waals surface area contributed by atoms with Crippen LogP contribution in [0.4, 0.5) is 0 Å². The first-order chi connectivity index (χ1) is 7.56. The van der Waals surface area contributed by atoms with Crippen molar-refractivity contribution in [2.45, 2.75) is 38.5 Å². The van der Waals surface area contributed by atoms with Crippen LogP contribution in [-0.2, 0) is 9.53 Å². The lowest BCUT2D eigenvalue weighted by molar-refractivity contribution is -0.138. The van der Waals surface area contributed by atoms with Gasteiger partial charge in [0.2, 0.25) is 0 Å². The van der Waals surface area contributed by atoms with Gasteiger partial charge in [-0.15, -0.1) is 0 Å². The molecule has 0 aromatic carbocycles. The minimum atomic E-state index is -0.713. The normalized spacial score (nSPS) is 26.3. The largest absolute Gasteiger partial charge is 0.481 e. The van der Waals surface area contributed by atoms with Crippen molar-refractivity contribution >= 4 is 17.7 Å². The first-order valence-corrected chi connectivity index (χ1v) is 6.79. The van der Waals surface area contributed by atoms with E-state index in [1.54, 1.807) is 7.11 Å². The monoisotopic (exact) mass is 247 g/mol. The second-order valence-corrected chi connectivity index (χ2v) is 5.40. The lowest BCUT2D eigenvalue weighted by Crippen LogP contribution is -2.52. The molecular weight excluding hydrogens is 226 g/mol. The van der Waals surface area contributed by atoms with Gasteiger partial charge in [-0.2, -0.15) is 11.8 Å². The molecule has 0 aromatic rings. The lowest BCUT2D eigenvalue weighted by Gasteiger charge is -2.40. The Labute approximate surface area is 101 Å². The molecule has 1 saturated heterocycles. The van der Waals surface area contributed by atoms with Gasteiger partial charge in [0.25, 0.3) is 0 Å². The summed E-state index contributed by atoms with van der Waals surface area (Å²) in [6.45, 7) is 5.10. The summed E-state index contributed by atoms with van der Waals surface area (Å²) in [5, 5.41) is 8.89. The minimum Gasteiger partial charge on any atom is -0.481 e. The molecule has 0 spiro atoms. The summed E-state index contributed by atoms with van der Waals surface area (Å²) in [6.07, 6.45) is 0.368. The number of nitrogens with zero attached hydrogens (tertiary/aromatic N) is 1. The van der Waals surface area contributed by atoms with E-state index in [0.717, 1.165) is 18.1 Å². The summed E-state index contributed by atoms with van der Waals surface area (Å²) in [5.74, 6) is 1.28. The molecule has 16 heavy (non-hydrogen) atoms. The number of hydrogen-bond acceptors (Lipinski definition) is 4. The Bertz CT molecular complexity index is 237. The van der Waals surface area contributed by atoms with E-state index in [2.05, 4.69) is 11.8 Å². The van der Waals surface area contributed by atoms with Crippen LogP contribution >= 0.6 is 11.8 Å². The van der Waals surface area contributed by atoms with Crippen molar-refractivity contribution in [1.29, 1.82) is 0 Å². The summed E-state index contributed by atoms with van der Waals surface area (Å²) in [6, 6.07) is 0.416. The molecule has 3 atom stereocenters.